The van der Waals surface area contributed by atoms with E-state index in [4.69, 9.17) is 0 Å². The number of nitrogens with zero attached hydrogens (tertiary/aromatic N) is 4. The Morgan fingerprint density at radius 1 is 1.18 bits per heavy atom. The summed E-state index contributed by atoms with van der Waals surface area (Å²) in [7, 11) is 0. The van der Waals surface area contributed by atoms with Crippen LogP contribution in [0.3, 0.4) is 0 Å². The van der Waals surface area contributed by atoms with Crippen molar-refractivity contribution in [1.82, 2.24) is 19.6 Å². The topological polar surface area (TPSA) is 41.4 Å². The Hall–Kier alpha value is -1.36. The van der Waals surface area contributed by atoms with Crippen LogP contribution in [0.1, 0.15) is 44.2 Å². The van der Waals surface area contributed by atoms with Gasteiger partial charge in [-0.1, -0.05) is 12.8 Å². The lowest BCUT2D eigenvalue weighted by molar-refractivity contribution is -0.128. The Bertz CT molecular complexity index is 535. The van der Waals surface area contributed by atoms with Crippen molar-refractivity contribution in [2.45, 2.75) is 57.7 Å². The van der Waals surface area contributed by atoms with E-state index >= 15 is 0 Å². The van der Waals surface area contributed by atoms with Crippen molar-refractivity contribution in [2.24, 2.45) is 5.92 Å². The van der Waals surface area contributed by atoms with E-state index in [0.717, 1.165) is 51.6 Å². The summed E-state index contributed by atoms with van der Waals surface area (Å²) >= 11 is 0. The van der Waals surface area contributed by atoms with Crippen LogP contribution in [0, 0.1) is 5.92 Å². The zero-order chi connectivity index (χ0) is 14.9. The van der Waals surface area contributed by atoms with Crippen molar-refractivity contribution in [1.29, 1.82) is 0 Å². The first-order chi connectivity index (χ1) is 10.8. The molecule has 2 fully saturated rings. The molecule has 120 valence electrons. The summed E-state index contributed by atoms with van der Waals surface area (Å²) in [6.45, 7) is 4.94. The van der Waals surface area contributed by atoms with Crippen molar-refractivity contribution in [3.05, 3.63) is 18.0 Å². The van der Waals surface area contributed by atoms with Crippen molar-refractivity contribution < 1.29 is 4.79 Å². The summed E-state index contributed by atoms with van der Waals surface area (Å²) < 4.78 is 2.17. The molecule has 1 saturated heterocycles. The molecule has 1 atom stereocenters. The van der Waals surface area contributed by atoms with E-state index in [0.29, 0.717) is 11.8 Å². The fourth-order valence-corrected chi connectivity index (χ4v) is 4.44. The molecular formula is C17H26N4O. The molecule has 0 spiro atoms. The maximum atomic E-state index is 12.0. The molecule has 1 aromatic heterocycles. The molecule has 0 N–H and O–H groups in total. The molecule has 1 saturated carbocycles. The number of fused-ring (bicyclic) bond motifs is 1. The van der Waals surface area contributed by atoms with E-state index in [9.17, 15) is 4.79 Å². The number of hydrogen-bond acceptors (Lipinski definition) is 3. The summed E-state index contributed by atoms with van der Waals surface area (Å²) in [5, 5.41) is 4.51. The van der Waals surface area contributed by atoms with Gasteiger partial charge in [0.05, 0.1) is 5.69 Å². The van der Waals surface area contributed by atoms with Crippen molar-refractivity contribution >= 4 is 5.91 Å². The maximum Gasteiger partial charge on any atom is 0.222 e. The van der Waals surface area contributed by atoms with Crippen LogP contribution in [0.25, 0.3) is 0 Å². The van der Waals surface area contributed by atoms with E-state index in [2.05, 4.69) is 25.6 Å². The molecule has 0 radical (unpaired) electrons. The van der Waals surface area contributed by atoms with Gasteiger partial charge < -0.3 is 4.90 Å². The Morgan fingerprint density at radius 2 is 2.05 bits per heavy atom. The van der Waals surface area contributed by atoms with Gasteiger partial charge in [0.15, 0.2) is 0 Å². The minimum atomic E-state index is 0.345. The highest BCUT2D eigenvalue weighted by Gasteiger charge is 2.31. The Morgan fingerprint density at radius 3 is 2.82 bits per heavy atom. The van der Waals surface area contributed by atoms with E-state index in [-0.39, 0.29) is 0 Å². The van der Waals surface area contributed by atoms with Gasteiger partial charge in [0, 0.05) is 57.3 Å². The molecule has 4 rings (SSSR count). The molecule has 0 aromatic carbocycles. The molecule has 2 aliphatic heterocycles. The quantitative estimate of drug-likeness (QED) is 0.856. The van der Waals surface area contributed by atoms with Crippen LogP contribution in [-0.2, 0) is 17.9 Å². The SMILES string of the molecule is O=C1CCCN1C[C@H]1CN(C2CCCC2)Cc2ccnn2C1. The number of likely N-dealkylation sites (tertiary alicyclic amines) is 1. The highest BCUT2D eigenvalue weighted by molar-refractivity contribution is 5.78. The van der Waals surface area contributed by atoms with Gasteiger partial charge in [-0.05, 0) is 25.3 Å². The van der Waals surface area contributed by atoms with Gasteiger partial charge in [0.2, 0.25) is 5.91 Å². The van der Waals surface area contributed by atoms with Gasteiger partial charge in [0.1, 0.15) is 0 Å². The van der Waals surface area contributed by atoms with Gasteiger partial charge in [-0.15, -0.1) is 0 Å². The zero-order valence-corrected chi connectivity index (χ0v) is 13.3. The summed E-state index contributed by atoms with van der Waals surface area (Å²) in [6.07, 6.45) is 9.11. The second-order valence-corrected chi connectivity index (χ2v) is 7.18. The normalized spacial score (nSPS) is 27.4. The Balaban J connectivity index is 1.51. The summed E-state index contributed by atoms with van der Waals surface area (Å²) in [6, 6.07) is 2.89. The first-order valence-electron chi connectivity index (χ1n) is 8.82. The second kappa shape index (κ2) is 6.03. The lowest BCUT2D eigenvalue weighted by atomic mass is 10.1. The van der Waals surface area contributed by atoms with Crippen LogP contribution in [0.4, 0.5) is 0 Å². The largest absolute Gasteiger partial charge is 0.342 e. The van der Waals surface area contributed by atoms with Crippen LogP contribution in [0.2, 0.25) is 0 Å². The highest BCUT2D eigenvalue weighted by atomic mass is 16.2. The molecule has 3 aliphatic rings. The number of rotatable bonds is 3. The Labute approximate surface area is 132 Å². The molecular weight excluding hydrogens is 276 g/mol. The van der Waals surface area contributed by atoms with Gasteiger partial charge in [-0.25, -0.2) is 0 Å². The molecule has 3 heterocycles. The predicted molar refractivity (Wildman–Crippen MR) is 84.2 cm³/mol. The van der Waals surface area contributed by atoms with E-state index in [1.165, 1.54) is 31.4 Å². The number of carbonyl (C=O) groups excluding carboxylic acids is 1. The fourth-order valence-electron chi connectivity index (χ4n) is 4.44. The van der Waals surface area contributed by atoms with Gasteiger partial charge in [-0.3, -0.25) is 14.4 Å². The molecule has 22 heavy (non-hydrogen) atoms. The van der Waals surface area contributed by atoms with E-state index < -0.39 is 0 Å². The monoisotopic (exact) mass is 302 g/mol. The fraction of sp³-hybridized carbons (Fsp3) is 0.765. The average Bonchev–Trinajstić information content (AvgIpc) is 3.22. The molecule has 0 bridgehead atoms. The Kier molecular flexibility index (Phi) is 3.90. The first kappa shape index (κ1) is 14.2. The van der Waals surface area contributed by atoms with Crippen LogP contribution >= 0.6 is 0 Å². The van der Waals surface area contributed by atoms with Crippen LogP contribution in [0.5, 0.6) is 0 Å². The number of amides is 1. The van der Waals surface area contributed by atoms with Crippen LogP contribution in [-0.4, -0.2) is 51.2 Å². The van der Waals surface area contributed by atoms with Crippen LogP contribution in [0.15, 0.2) is 12.3 Å². The van der Waals surface area contributed by atoms with Gasteiger partial charge >= 0.3 is 0 Å². The van der Waals surface area contributed by atoms with Gasteiger partial charge in [-0.2, -0.15) is 5.10 Å². The molecule has 0 unspecified atom stereocenters. The zero-order valence-electron chi connectivity index (χ0n) is 13.3. The smallest absolute Gasteiger partial charge is 0.222 e. The van der Waals surface area contributed by atoms with Gasteiger partial charge in [0.25, 0.3) is 0 Å². The maximum absolute atomic E-state index is 12.0. The average molecular weight is 302 g/mol. The molecule has 5 nitrogen and oxygen atoms in total. The summed E-state index contributed by atoms with van der Waals surface area (Å²) in [5.41, 5.74) is 1.34. The molecule has 1 aliphatic carbocycles. The number of aromatic nitrogens is 2. The molecule has 1 amide bonds. The standard InChI is InChI=1S/C17H26N4O/c22-17-6-3-9-19(17)10-14-11-20(15-4-1-2-5-15)13-16-7-8-18-21(16)12-14/h7-8,14-15H,1-6,9-13H2/t14-/m0/s1. The van der Waals surface area contributed by atoms with E-state index in [1.54, 1.807) is 0 Å². The summed E-state index contributed by atoms with van der Waals surface area (Å²) in [4.78, 5) is 16.7. The molecule has 1 aromatic rings. The van der Waals surface area contributed by atoms with E-state index in [1.807, 2.05) is 6.20 Å². The third-order valence-electron chi connectivity index (χ3n) is 5.58. The number of hydrogen-bond donors (Lipinski definition) is 0. The highest BCUT2D eigenvalue weighted by Crippen LogP contribution is 2.28. The molecule has 5 heteroatoms. The predicted octanol–water partition coefficient (Wildman–Crippen LogP) is 1.88. The summed E-state index contributed by atoms with van der Waals surface area (Å²) in [5.74, 6) is 0.848. The third kappa shape index (κ3) is 2.78. The first-order valence-corrected chi connectivity index (χ1v) is 8.82. The van der Waals surface area contributed by atoms with Crippen molar-refractivity contribution in [3.63, 3.8) is 0 Å². The minimum absolute atomic E-state index is 0.345. The minimum Gasteiger partial charge on any atom is -0.342 e. The lowest BCUT2D eigenvalue weighted by Gasteiger charge is -2.31. The lowest BCUT2D eigenvalue weighted by Crippen LogP contribution is -2.40. The van der Waals surface area contributed by atoms with Crippen LogP contribution < -0.4 is 0 Å². The second-order valence-electron chi connectivity index (χ2n) is 7.18. The van der Waals surface area contributed by atoms with Crippen molar-refractivity contribution in [2.75, 3.05) is 19.6 Å². The number of carbonyl (C=O) groups is 1. The van der Waals surface area contributed by atoms with Crippen molar-refractivity contribution in [3.8, 4) is 0 Å². The third-order valence-corrected chi connectivity index (χ3v) is 5.58.